The van der Waals surface area contributed by atoms with Crippen molar-refractivity contribution in [2.45, 2.75) is 77.8 Å². The predicted molar refractivity (Wildman–Crippen MR) is 94.1 cm³/mol. The first-order valence-corrected chi connectivity index (χ1v) is 15.1. The van der Waals surface area contributed by atoms with Crippen LogP contribution in [0.5, 0.6) is 0 Å². The standard InChI is InChI=1S/C14H34BNO2Si2/c1-8-9-12-17-15-14(11-10-13-18-15)16(19(2,3)4)20(5,6)7/h14H,8-13H2,1-7H3. The largest absolute Gasteiger partial charge is 0.473 e. The minimum absolute atomic E-state index is 0.00579. The molecule has 1 aliphatic rings. The molecule has 0 aromatic heterocycles. The number of nitrogens with zero attached hydrogens (tertiary/aromatic N) is 1. The number of hydrogen-bond acceptors (Lipinski definition) is 3. The molecule has 1 fully saturated rings. The van der Waals surface area contributed by atoms with E-state index < -0.39 is 16.5 Å². The lowest BCUT2D eigenvalue weighted by Gasteiger charge is -2.50. The Labute approximate surface area is 128 Å². The Morgan fingerprint density at radius 1 is 1.15 bits per heavy atom. The zero-order valence-corrected chi connectivity index (χ0v) is 16.7. The molecule has 6 heteroatoms. The van der Waals surface area contributed by atoms with Crippen molar-refractivity contribution < 1.29 is 9.31 Å². The molecule has 1 saturated heterocycles. The quantitative estimate of drug-likeness (QED) is 0.524. The average molecular weight is 315 g/mol. The molecule has 0 aliphatic carbocycles. The second kappa shape index (κ2) is 7.58. The summed E-state index contributed by atoms with van der Waals surface area (Å²) in [6.07, 6.45) is 4.71. The van der Waals surface area contributed by atoms with E-state index in [0.29, 0.717) is 5.94 Å². The van der Waals surface area contributed by atoms with Crippen LogP contribution in [0.1, 0.15) is 32.6 Å². The average Bonchev–Trinajstić information content (AvgIpc) is 2.28. The summed E-state index contributed by atoms with van der Waals surface area (Å²) in [6.45, 7) is 18.7. The van der Waals surface area contributed by atoms with Gasteiger partial charge in [-0.15, -0.1) is 0 Å². The van der Waals surface area contributed by atoms with Crippen LogP contribution in [0.25, 0.3) is 0 Å². The molecule has 1 rings (SSSR count). The van der Waals surface area contributed by atoms with Gasteiger partial charge in [0.1, 0.15) is 16.5 Å². The van der Waals surface area contributed by atoms with Crippen LogP contribution in [0.2, 0.25) is 39.3 Å². The third-order valence-electron chi connectivity index (χ3n) is 3.80. The zero-order valence-electron chi connectivity index (χ0n) is 14.7. The predicted octanol–water partition coefficient (Wildman–Crippen LogP) is 3.98. The van der Waals surface area contributed by atoms with Crippen LogP contribution < -0.4 is 0 Å². The highest BCUT2D eigenvalue weighted by Crippen LogP contribution is 2.29. The molecule has 1 heterocycles. The first-order valence-electron chi connectivity index (χ1n) is 8.20. The van der Waals surface area contributed by atoms with Crippen molar-refractivity contribution in [2.75, 3.05) is 13.2 Å². The van der Waals surface area contributed by atoms with Gasteiger partial charge in [-0.25, -0.2) is 0 Å². The minimum Gasteiger partial charge on any atom is -0.410 e. The van der Waals surface area contributed by atoms with E-state index in [0.717, 1.165) is 19.6 Å². The maximum atomic E-state index is 6.09. The summed E-state index contributed by atoms with van der Waals surface area (Å²) < 4.78 is 14.9. The number of unbranched alkanes of at least 4 members (excludes halogenated alkanes) is 1. The van der Waals surface area contributed by atoms with Crippen LogP contribution in [-0.4, -0.2) is 47.0 Å². The summed E-state index contributed by atoms with van der Waals surface area (Å²) in [4.78, 5) is 0. The van der Waals surface area contributed by atoms with Crippen LogP contribution >= 0.6 is 0 Å². The fraction of sp³-hybridized carbons (Fsp3) is 1.00. The highest BCUT2D eigenvalue weighted by atomic mass is 28.4. The highest BCUT2D eigenvalue weighted by molar-refractivity contribution is 6.90. The maximum absolute atomic E-state index is 6.09. The van der Waals surface area contributed by atoms with Gasteiger partial charge in [-0.3, -0.25) is 0 Å². The van der Waals surface area contributed by atoms with Gasteiger partial charge < -0.3 is 13.5 Å². The molecule has 1 unspecified atom stereocenters. The van der Waals surface area contributed by atoms with Gasteiger partial charge in [-0.1, -0.05) is 52.6 Å². The van der Waals surface area contributed by atoms with Gasteiger partial charge in [-0.05, 0) is 19.3 Å². The molecule has 0 amide bonds. The Morgan fingerprint density at radius 3 is 2.25 bits per heavy atom. The Morgan fingerprint density at radius 2 is 1.75 bits per heavy atom. The van der Waals surface area contributed by atoms with Gasteiger partial charge in [0.05, 0.1) is 0 Å². The Bertz CT molecular complexity index is 278. The molecule has 0 saturated carbocycles. The van der Waals surface area contributed by atoms with E-state index in [4.69, 9.17) is 9.31 Å². The third-order valence-corrected chi connectivity index (χ3v) is 11.4. The molecule has 1 atom stereocenters. The van der Waals surface area contributed by atoms with Gasteiger partial charge in [0, 0.05) is 19.2 Å². The molecule has 0 spiro atoms. The van der Waals surface area contributed by atoms with Crippen LogP contribution in [-0.2, 0) is 9.31 Å². The van der Waals surface area contributed by atoms with Gasteiger partial charge in [0.15, 0.2) is 0 Å². The SMILES string of the molecule is CCCCOB1OCCCC1N([Si](C)(C)C)[Si](C)(C)C. The van der Waals surface area contributed by atoms with Gasteiger partial charge in [0.25, 0.3) is 0 Å². The summed E-state index contributed by atoms with van der Waals surface area (Å²) >= 11 is 0. The monoisotopic (exact) mass is 315 g/mol. The molecule has 3 nitrogen and oxygen atoms in total. The van der Waals surface area contributed by atoms with Crippen molar-refractivity contribution in [3.8, 4) is 0 Å². The first-order chi connectivity index (χ1) is 9.18. The topological polar surface area (TPSA) is 21.7 Å². The van der Waals surface area contributed by atoms with Crippen LogP contribution in [0, 0.1) is 0 Å². The van der Waals surface area contributed by atoms with Crippen LogP contribution in [0.15, 0.2) is 0 Å². The van der Waals surface area contributed by atoms with Gasteiger partial charge in [0.2, 0.25) is 0 Å². The minimum atomic E-state index is -1.36. The van der Waals surface area contributed by atoms with Crippen molar-refractivity contribution in [3.05, 3.63) is 0 Å². The van der Waals surface area contributed by atoms with Crippen molar-refractivity contribution in [2.24, 2.45) is 0 Å². The molecule has 0 aromatic carbocycles. The van der Waals surface area contributed by atoms with E-state index in [-0.39, 0.29) is 7.12 Å². The normalized spacial score (nSPS) is 21.6. The molecule has 1 aliphatic heterocycles. The lowest BCUT2D eigenvalue weighted by molar-refractivity contribution is 0.147. The van der Waals surface area contributed by atoms with Crippen LogP contribution in [0.4, 0.5) is 0 Å². The van der Waals surface area contributed by atoms with Gasteiger partial charge in [-0.2, -0.15) is 0 Å². The van der Waals surface area contributed by atoms with E-state index >= 15 is 0 Å². The van der Waals surface area contributed by atoms with Crippen molar-refractivity contribution in [1.82, 2.24) is 4.23 Å². The molecule has 0 N–H and O–H groups in total. The lowest BCUT2D eigenvalue weighted by Crippen LogP contribution is -2.68. The van der Waals surface area contributed by atoms with E-state index in [1.54, 1.807) is 0 Å². The van der Waals surface area contributed by atoms with E-state index in [1.807, 2.05) is 0 Å². The highest BCUT2D eigenvalue weighted by Gasteiger charge is 2.46. The van der Waals surface area contributed by atoms with Crippen molar-refractivity contribution in [1.29, 1.82) is 0 Å². The number of rotatable bonds is 7. The van der Waals surface area contributed by atoms with E-state index in [1.165, 1.54) is 19.3 Å². The molecule has 0 radical (unpaired) electrons. The second-order valence-electron chi connectivity index (χ2n) is 7.88. The molecular formula is C14H34BNO2Si2. The fourth-order valence-electron chi connectivity index (χ4n) is 3.49. The van der Waals surface area contributed by atoms with E-state index in [2.05, 4.69) is 50.4 Å². The summed E-state index contributed by atoms with van der Waals surface area (Å²) in [7, 11) is -2.73. The van der Waals surface area contributed by atoms with Crippen LogP contribution in [0.3, 0.4) is 0 Å². The Balaban J connectivity index is 2.84. The van der Waals surface area contributed by atoms with Crippen molar-refractivity contribution >= 4 is 23.6 Å². The Hall–Kier alpha value is 0.379. The molecule has 118 valence electrons. The summed E-state index contributed by atoms with van der Waals surface area (Å²) in [5, 5.41) is 0. The molecule has 0 bridgehead atoms. The van der Waals surface area contributed by atoms with Crippen molar-refractivity contribution in [3.63, 3.8) is 0 Å². The molecule has 20 heavy (non-hydrogen) atoms. The summed E-state index contributed by atoms with van der Waals surface area (Å²) in [5.41, 5.74) is 0. The Kier molecular flexibility index (Phi) is 6.99. The van der Waals surface area contributed by atoms with E-state index in [9.17, 15) is 0 Å². The van der Waals surface area contributed by atoms with Gasteiger partial charge >= 0.3 is 7.12 Å². The molecule has 0 aromatic rings. The smallest absolute Gasteiger partial charge is 0.410 e. The third kappa shape index (κ3) is 5.29. The second-order valence-corrected chi connectivity index (χ2v) is 18.0. The fourth-order valence-corrected chi connectivity index (χ4v) is 14.0. The lowest BCUT2D eigenvalue weighted by atomic mass is 9.74. The zero-order chi connectivity index (χ0) is 15.4. The number of hydrogen-bond donors (Lipinski definition) is 0. The maximum Gasteiger partial charge on any atom is 0.473 e. The summed E-state index contributed by atoms with van der Waals surface area (Å²) in [6, 6.07) is 0. The summed E-state index contributed by atoms with van der Waals surface area (Å²) in [5.74, 6) is 0.471. The molecular weight excluding hydrogens is 281 g/mol. The first kappa shape index (κ1) is 18.4.